The standard InChI is InChI=1S/C13H17BrFN/c1-3-4-5-6-13(16-2)10-7-8-11(14)12(15)9-10/h3,7-9,13,16H,1,4-6H2,2H3. The van der Waals surface area contributed by atoms with E-state index in [-0.39, 0.29) is 11.9 Å². The van der Waals surface area contributed by atoms with Gasteiger partial charge in [-0.15, -0.1) is 6.58 Å². The first kappa shape index (κ1) is 13.4. The molecule has 1 rings (SSSR count). The number of rotatable bonds is 6. The van der Waals surface area contributed by atoms with Crippen LogP contribution in [-0.2, 0) is 0 Å². The Morgan fingerprint density at radius 2 is 2.31 bits per heavy atom. The summed E-state index contributed by atoms with van der Waals surface area (Å²) >= 11 is 3.16. The molecule has 0 spiro atoms. The van der Waals surface area contributed by atoms with E-state index in [1.807, 2.05) is 19.2 Å². The lowest BCUT2D eigenvalue weighted by Crippen LogP contribution is -2.16. The van der Waals surface area contributed by atoms with Crippen molar-refractivity contribution in [3.05, 3.63) is 46.7 Å². The second kappa shape index (κ2) is 6.81. The summed E-state index contributed by atoms with van der Waals surface area (Å²) in [5, 5.41) is 3.21. The Morgan fingerprint density at radius 3 is 2.88 bits per heavy atom. The smallest absolute Gasteiger partial charge is 0.137 e. The zero-order valence-corrected chi connectivity index (χ0v) is 11.1. The van der Waals surface area contributed by atoms with Gasteiger partial charge in [0.05, 0.1) is 4.47 Å². The van der Waals surface area contributed by atoms with E-state index in [1.165, 1.54) is 0 Å². The number of hydrogen-bond donors (Lipinski definition) is 1. The van der Waals surface area contributed by atoms with Gasteiger partial charge < -0.3 is 5.32 Å². The van der Waals surface area contributed by atoms with E-state index in [0.29, 0.717) is 4.47 Å². The second-order valence-electron chi connectivity index (χ2n) is 3.73. The van der Waals surface area contributed by atoms with Crippen LogP contribution in [0.2, 0.25) is 0 Å². The van der Waals surface area contributed by atoms with E-state index in [1.54, 1.807) is 12.1 Å². The highest BCUT2D eigenvalue weighted by atomic mass is 79.9. The second-order valence-corrected chi connectivity index (χ2v) is 4.59. The molecular formula is C13H17BrFN. The largest absolute Gasteiger partial charge is 0.313 e. The van der Waals surface area contributed by atoms with Gasteiger partial charge >= 0.3 is 0 Å². The zero-order chi connectivity index (χ0) is 12.0. The van der Waals surface area contributed by atoms with Gasteiger partial charge in [-0.3, -0.25) is 0 Å². The fourth-order valence-electron chi connectivity index (χ4n) is 1.67. The summed E-state index contributed by atoms with van der Waals surface area (Å²) in [6.07, 6.45) is 4.96. The molecule has 0 aromatic heterocycles. The molecule has 1 atom stereocenters. The van der Waals surface area contributed by atoms with Crippen molar-refractivity contribution in [2.75, 3.05) is 7.05 Å². The Bertz CT molecular complexity index is 352. The molecular weight excluding hydrogens is 269 g/mol. The molecule has 0 fully saturated rings. The normalized spacial score (nSPS) is 12.4. The lowest BCUT2D eigenvalue weighted by molar-refractivity contribution is 0.524. The van der Waals surface area contributed by atoms with Crippen LogP contribution in [0.15, 0.2) is 35.3 Å². The monoisotopic (exact) mass is 285 g/mol. The molecule has 1 N–H and O–H groups in total. The number of unbranched alkanes of at least 4 members (excludes halogenated alkanes) is 1. The van der Waals surface area contributed by atoms with Crippen LogP contribution in [0.1, 0.15) is 30.9 Å². The van der Waals surface area contributed by atoms with Crippen molar-refractivity contribution in [1.29, 1.82) is 0 Å². The van der Waals surface area contributed by atoms with Gasteiger partial charge in [-0.1, -0.05) is 12.1 Å². The van der Waals surface area contributed by atoms with Crippen LogP contribution in [0.4, 0.5) is 4.39 Å². The van der Waals surface area contributed by atoms with E-state index in [4.69, 9.17) is 0 Å². The summed E-state index contributed by atoms with van der Waals surface area (Å²) in [6, 6.07) is 5.49. The molecule has 1 aromatic carbocycles. The van der Waals surface area contributed by atoms with Crippen LogP contribution >= 0.6 is 15.9 Å². The highest BCUT2D eigenvalue weighted by Crippen LogP contribution is 2.23. The van der Waals surface area contributed by atoms with Crippen LogP contribution in [0.25, 0.3) is 0 Å². The zero-order valence-electron chi connectivity index (χ0n) is 9.47. The van der Waals surface area contributed by atoms with E-state index in [0.717, 1.165) is 24.8 Å². The summed E-state index contributed by atoms with van der Waals surface area (Å²) in [4.78, 5) is 0. The number of allylic oxidation sites excluding steroid dienone is 1. The molecule has 0 heterocycles. The maximum Gasteiger partial charge on any atom is 0.137 e. The summed E-state index contributed by atoms with van der Waals surface area (Å²) in [6.45, 7) is 3.70. The molecule has 0 aliphatic rings. The predicted molar refractivity (Wildman–Crippen MR) is 69.9 cm³/mol. The Hall–Kier alpha value is -0.670. The third-order valence-corrected chi connectivity index (χ3v) is 3.24. The average molecular weight is 286 g/mol. The van der Waals surface area contributed by atoms with Crippen LogP contribution in [0.3, 0.4) is 0 Å². The SMILES string of the molecule is C=CCCCC(NC)c1ccc(Br)c(F)c1. The summed E-state index contributed by atoms with van der Waals surface area (Å²) in [5.41, 5.74) is 0.993. The van der Waals surface area contributed by atoms with Crippen molar-refractivity contribution in [2.24, 2.45) is 0 Å². The summed E-state index contributed by atoms with van der Waals surface area (Å²) in [7, 11) is 1.90. The fraction of sp³-hybridized carbons (Fsp3) is 0.385. The minimum absolute atomic E-state index is 0.207. The minimum Gasteiger partial charge on any atom is -0.313 e. The molecule has 0 amide bonds. The topological polar surface area (TPSA) is 12.0 Å². The van der Waals surface area contributed by atoms with E-state index in [9.17, 15) is 4.39 Å². The van der Waals surface area contributed by atoms with E-state index >= 15 is 0 Å². The lowest BCUT2D eigenvalue weighted by Gasteiger charge is -2.16. The number of halogens is 2. The van der Waals surface area contributed by atoms with Crippen molar-refractivity contribution in [3.63, 3.8) is 0 Å². The van der Waals surface area contributed by atoms with Gasteiger partial charge in [0.25, 0.3) is 0 Å². The predicted octanol–water partition coefficient (Wildman–Crippen LogP) is 4.21. The quantitative estimate of drug-likeness (QED) is 0.610. The molecule has 88 valence electrons. The molecule has 0 radical (unpaired) electrons. The minimum atomic E-state index is -0.207. The van der Waals surface area contributed by atoms with Gasteiger partial charge in [0.2, 0.25) is 0 Å². The molecule has 1 nitrogen and oxygen atoms in total. The first-order chi connectivity index (χ1) is 7.69. The summed E-state index contributed by atoms with van der Waals surface area (Å²) < 4.78 is 13.9. The Morgan fingerprint density at radius 1 is 1.56 bits per heavy atom. The number of nitrogens with one attached hydrogen (secondary N) is 1. The summed E-state index contributed by atoms with van der Waals surface area (Å²) in [5.74, 6) is -0.207. The van der Waals surface area contributed by atoms with Gasteiger partial charge in [-0.25, -0.2) is 4.39 Å². The van der Waals surface area contributed by atoms with Crippen LogP contribution in [0.5, 0.6) is 0 Å². The average Bonchev–Trinajstić information content (AvgIpc) is 2.29. The first-order valence-corrected chi connectivity index (χ1v) is 6.21. The van der Waals surface area contributed by atoms with Crippen LogP contribution in [0, 0.1) is 5.82 Å². The van der Waals surface area contributed by atoms with Crippen molar-refractivity contribution in [2.45, 2.75) is 25.3 Å². The molecule has 1 unspecified atom stereocenters. The maximum atomic E-state index is 13.4. The van der Waals surface area contributed by atoms with Crippen molar-refractivity contribution in [3.8, 4) is 0 Å². The third kappa shape index (κ3) is 3.72. The van der Waals surface area contributed by atoms with Gasteiger partial charge in [-0.05, 0) is 59.9 Å². The van der Waals surface area contributed by atoms with Gasteiger partial charge in [0, 0.05) is 6.04 Å². The molecule has 3 heteroatoms. The van der Waals surface area contributed by atoms with Gasteiger partial charge in [-0.2, -0.15) is 0 Å². The van der Waals surface area contributed by atoms with Crippen LogP contribution < -0.4 is 5.32 Å². The fourth-order valence-corrected chi connectivity index (χ4v) is 1.92. The highest BCUT2D eigenvalue weighted by Gasteiger charge is 2.10. The van der Waals surface area contributed by atoms with Crippen LogP contribution in [-0.4, -0.2) is 7.05 Å². The van der Waals surface area contributed by atoms with Crippen molar-refractivity contribution < 1.29 is 4.39 Å². The molecule has 0 aliphatic heterocycles. The molecule has 1 aromatic rings. The Kier molecular flexibility index (Phi) is 5.71. The third-order valence-electron chi connectivity index (χ3n) is 2.60. The van der Waals surface area contributed by atoms with Crippen molar-refractivity contribution in [1.82, 2.24) is 5.32 Å². The van der Waals surface area contributed by atoms with Gasteiger partial charge in [0.1, 0.15) is 5.82 Å². The lowest BCUT2D eigenvalue weighted by atomic mass is 10.0. The first-order valence-electron chi connectivity index (χ1n) is 5.42. The van der Waals surface area contributed by atoms with Crippen molar-refractivity contribution >= 4 is 15.9 Å². The molecule has 0 saturated heterocycles. The molecule has 0 bridgehead atoms. The van der Waals surface area contributed by atoms with E-state index in [2.05, 4.69) is 27.8 Å². The Labute approximate surface area is 105 Å². The molecule has 16 heavy (non-hydrogen) atoms. The highest BCUT2D eigenvalue weighted by molar-refractivity contribution is 9.10. The number of hydrogen-bond acceptors (Lipinski definition) is 1. The molecule has 0 saturated carbocycles. The van der Waals surface area contributed by atoms with E-state index < -0.39 is 0 Å². The number of benzene rings is 1. The van der Waals surface area contributed by atoms with Gasteiger partial charge in [0.15, 0.2) is 0 Å². The maximum absolute atomic E-state index is 13.4. The molecule has 0 aliphatic carbocycles. The Balaban J connectivity index is 2.70.